The molecule has 0 bridgehead atoms. The Morgan fingerprint density at radius 2 is 1.20 bits per heavy atom. The van der Waals surface area contributed by atoms with Gasteiger partial charge in [-0.3, -0.25) is 0 Å². The number of hydrogen-bond donors (Lipinski definition) is 0. The van der Waals surface area contributed by atoms with Crippen LogP contribution in [0.3, 0.4) is 0 Å². The molecule has 0 atom stereocenters. The molecule has 2 aliphatic rings. The van der Waals surface area contributed by atoms with Gasteiger partial charge in [-0.05, 0) is 26.1 Å². The average Bonchev–Trinajstić information content (AvgIpc) is 2.49. The average molecular weight is 274 g/mol. The number of piperazine rings is 2. The molecule has 0 amide bonds. The summed E-state index contributed by atoms with van der Waals surface area (Å²) >= 11 is 0. The van der Waals surface area contributed by atoms with Crippen LogP contribution in [0, 0.1) is 6.92 Å². The van der Waals surface area contributed by atoms with E-state index in [0.717, 1.165) is 26.2 Å². The molecule has 0 saturated carbocycles. The lowest BCUT2D eigenvalue weighted by molar-refractivity contribution is -0.0564. The Morgan fingerprint density at radius 1 is 0.700 bits per heavy atom. The number of anilines is 1. The third-order valence-corrected chi connectivity index (χ3v) is 4.53. The monoisotopic (exact) mass is 274 g/mol. The minimum Gasteiger partial charge on any atom is -0.369 e. The molecule has 0 N–H and O–H groups in total. The van der Waals surface area contributed by atoms with Crippen LogP contribution in [-0.4, -0.2) is 74.3 Å². The molecule has 2 saturated heterocycles. The fourth-order valence-corrected chi connectivity index (χ4v) is 3.07. The SMILES string of the molecule is Cc1ccc(N2CCN(N3CCN(C)CC3)CC2)cc1. The number of likely N-dealkylation sites (N-methyl/N-ethyl adjacent to an activating group) is 1. The zero-order valence-corrected chi connectivity index (χ0v) is 12.8. The molecule has 0 unspecified atom stereocenters. The van der Waals surface area contributed by atoms with Gasteiger partial charge in [-0.25, -0.2) is 10.0 Å². The first kappa shape index (κ1) is 13.9. The highest BCUT2D eigenvalue weighted by atomic mass is 15.6. The van der Waals surface area contributed by atoms with Crippen LogP contribution in [0.25, 0.3) is 0 Å². The van der Waals surface area contributed by atoms with E-state index in [2.05, 4.69) is 58.1 Å². The van der Waals surface area contributed by atoms with E-state index in [-0.39, 0.29) is 0 Å². The summed E-state index contributed by atoms with van der Waals surface area (Å²) in [4.78, 5) is 4.92. The molecule has 2 fully saturated rings. The molecular weight excluding hydrogens is 248 g/mol. The molecule has 0 radical (unpaired) electrons. The van der Waals surface area contributed by atoms with Gasteiger partial charge >= 0.3 is 0 Å². The first-order valence-corrected chi connectivity index (χ1v) is 7.72. The van der Waals surface area contributed by atoms with E-state index >= 15 is 0 Å². The molecule has 0 aromatic heterocycles. The molecule has 20 heavy (non-hydrogen) atoms. The third-order valence-electron chi connectivity index (χ3n) is 4.53. The van der Waals surface area contributed by atoms with Crippen LogP contribution >= 0.6 is 0 Å². The van der Waals surface area contributed by atoms with Crippen LogP contribution in [0.5, 0.6) is 0 Å². The number of hydrogen-bond acceptors (Lipinski definition) is 4. The second kappa shape index (κ2) is 6.12. The summed E-state index contributed by atoms with van der Waals surface area (Å²) < 4.78 is 0. The third kappa shape index (κ3) is 3.14. The highest BCUT2D eigenvalue weighted by Gasteiger charge is 2.24. The Kier molecular flexibility index (Phi) is 4.24. The minimum atomic E-state index is 1.13. The summed E-state index contributed by atoms with van der Waals surface area (Å²) in [5.41, 5.74) is 2.71. The van der Waals surface area contributed by atoms with Crippen LogP contribution in [0.1, 0.15) is 5.56 Å². The van der Waals surface area contributed by atoms with Crippen molar-refractivity contribution in [3.63, 3.8) is 0 Å². The van der Waals surface area contributed by atoms with Gasteiger partial charge in [0.05, 0.1) is 0 Å². The normalized spacial score (nSPS) is 23.2. The van der Waals surface area contributed by atoms with E-state index in [1.807, 2.05) is 0 Å². The van der Waals surface area contributed by atoms with Crippen LogP contribution in [0.15, 0.2) is 24.3 Å². The largest absolute Gasteiger partial charge is 0.369 e. The van der Waals surface area contributed by atoms with E-state index in [1.165, 1.54) is 37.4 Å². The van der Waals surface area contributed by atoms with E-state index in [1.54, 1.807) is 0 Å². The van der Waals surface area contributed by atoms with Crippen molar-refractivity contribution in [2.75, 3.05) is 64.3 Å². The summed E-state index contributed by atoms with van der Waals surface area (Å²) in [5, 5.41) is 5.10. The van der Waals surface area contributed by atoms with Gasteiger partial charge in [-0.1, -0.05) is 17.7 Å². The first-order valence-electron chi connectivity index (χ1n) is 7.72. The van der Waals surface area contributed by atoms with Crippen molar-refractivity contribution in [2.24, 2.45) is 0 Å². The molecule has 3 rings (SSSR count). The highest BCUT2D eigenvalue weighted by molar-refractivity contribution is 5.47. The van der Waals surface area contributed by atoms with Crippen molar-refractivity contribution in [1.29, 1.82) is 0 Å². The lowest BCUT2D eigenvalue weighted by Gasteiger charge is -2.44. The smallest absolute Gasteiger partial charge is 0.0367 e. The summed E-state index contributed by atoms with van der Waals surface area (Å²) in [6.45, 7) is 11.5. The number of nitrogens with zero attached hydrogens (tertiary/aromatic N) is 4. The first-order chi connectivity index (χ1) is 9.72. The van der Waals surface area contributed by atoms with Gasteiger partial charge in [0.1, 0.15) is 0 Å². The summed E-state index contributed by atoms with van der Waals surface area (Å²) in [7, 11) is 2.21. The van der Waals surface area contributed by atoms with E-state index in [4.69, 9.17) is 0 Å². The molecule has 0 spiro atoms. The van der Waals surface area contributed by atoms with Gasteiger partial charge in [0.15, 0.2) is 0 Å². The van der Waals surface area contributed by atoms with Gasteiger partial charge in [0.25, 0.3) is 0 Å². The summed E-state index contributed by atoms with van der Waals surface area (Å²) in [6.07, 6.45) is 0. The van der Waals surface area contributed by atoms with Gasteiger partial charge in [-0.2, -0.15) is 0 Å². The molecule has 0 aliphatic carbocycles. The quantitative estimate of drug-likeness (QED) is 0.805. The Hall–Kier alpha value is -1.10. The number of rotatable bonds is 2. The summed E-state index contributed by atoms with van der Waals surface area (Å²) in [6, 6.07) is 8.92. The van der Waals surface area contributed by atoms with E-state index in [9.17, 15) is 0 Å². The lowest BCUT2D eigenvalue weighted by Crippen LogP contribution is -2.58. The predicted octanol–water partition coefficient (Wildman–Crippen LogP) is 1.28. The number of hydrazine groups is 1. The standard InChI is InChI=1S/C16H26N4/c1-15-3-5-16(6-4-15)18-9-13-20(14-10-18)19-11-7-17(2)8-12-19/h3-6H,7-14H2,1-2H3. The topological polar surface area (TPSA) is 13.0 Å². The van der Waals surface area contributed by atoms with Crippen molar-refractivity contribution in [3.8, 4) is 0 Å². The maximum absolute atomic E-state index is 2.55. The molecular formula is C16H26N4. The molecule has 110 valence electrons. The maximum atomic E-state index is 2.55. The lowest BCUT2D eigenvalue weighted by atomic mass is 10.2. The molecule has 2 aliphatic heterocycles. The Labute approximate surface area is 122 Å². The number of aryl methyl sites for hydroxylation is 1. The molecule has 1 aromatic rings. The highest BCUT2D eigenvalue weighted by Crippen LogP contribution is 2.18. The van der Waals surface area contributed by atoms with Gasteiger partial charge in [-0.15, -0.1) is 0 Å². The van der Waals surface area contributed by atoms with E-state index < -0.39 is 0 Å². The minimum absolute atomic E-state index is 1.13. The predicted molar refractivity (Wildman–Crippen MR) is 84.0 cm³/mol. The zero-order chi connectivity index (χ0) is 13.9. The molecule has 2 heterocycles. The van der Waals surface area contributed by atoms with Crippen LogP contribution in [0.4, 0.5) is 5.69 Å². The maximum Gasteiger partial charge on any atom is 0.0367 e. The Morgan fingerprint density at radius 3 is 1.75 bits per heavy atom. The molecule has 4 heteroatoms. The van der Waals surface area contributed by atoms with Crippen molar-refractivity contribution < 1.29 is 0 Å². The fourth-order valence-electron chi connectivity index (χ4n) is 3.07. The zero-order valence-electron chi connectivity index (χ0n) is 12.8. The van der Waals surface area contributed by atoms with Crippen molar-refractivity contribution in [3.05, 3.63) is 29.8 Å². The second-order valence-corrected chi connectivity index (χ2v) is 6.03. The Balaban J connectivity index is 1.53. The fraction of sp³-hybridized carbons (Fsp3) is 0.625. The van der Waals surface area contributed by atoms with Gasteiger partial charge < -0.3 is 9.80 Å². The van der Waals surface area contributed by atoms with Crippen LogP contribution in [0.2, 0.25) is 0 Å². The van der Waals surface area contributed by atoms with Crippen molar-refractivity contribution in [1.82, 2.24) is 14.9 Å². The summed E-state index contributed by atoms with van der Waals surface area (Å²) in [5.74, 6) is 0. The van der Waals surface area contributed by atoms with Crippen LogP contribution < -0.4 is 4.90 Å². The number of benzene rings is 1. The Bertz CT molecular complexity index is 415. The van der Waals surface area contributed by atoms with Crippen molar-refractivity contribution >= 4 is 5.69 Å². The second-order valence-electron chi connectivity index (χ2n) is 6.03. The molecule has 1 aromatic carbocycles. The van der Waals surface area contributed by atoms with Gasteiger partial charge in [0.2, 0.25) is 0 Å². The van der Waals surface area contributed by atoms with Gasteiger partial charge in [0, 0.05) is 58.0 Å². The van der Waals surface area contributed by atoms with E-state index in [0.29, 0.717) is 0 Å². The van der Waals surface area contributed by atoms with Crippen molar-refractivity contribution in [2.45, 2.75) is 6.92 Å². The van der Waals surface area contributed by atoms with Crippen LogP contribution in [-0.2, 0) is 0 Å². The molecule has 4 nitrogen and oxygen atoms in total.